The Kier molecular flexibility index (Phi) is 19.6. The van der Waals surface area contributed by atoms with Gasteiger partial charge in [0.05, 0.1) is 5.56 Å². The first-order chi connectivity index (χ1) is 40.5. The Morgan fingerprint density at radius 3 is 1.65 bits per heavy atom. The number of nitrogens with zero attached hydrogens (tertiary/aromatic N) is 2. The number of carbonyl (C=O) groups excluding carboxylic acids is 6. The minimum atomic E-state index is -1.50. The third-order valence-corrected chi connectivity index (χ3v) is 13.2. The summed E-state index contributed by atoms with van der Waals surface area (Å²) in [6.07, 6.45) is 2.81. The van der Waals surface area contributed by atoms with Crippen LogP contribution in [0.1, 0.15) is 84.5 Å². The van der Waals surface area contributed by atoms with Crippen LogP contribution < -0.4 is 68.8 Å². The predicted octanol–water partition coefficient (Wildman–Crippen LogP) is 7.75. The monoisotopic (exact) mass is 1140 g/mol. The summed E-state index contributed by atoms with van der Waals surface area (Å²) in [5.74, 6) is -1.14. The van der Waals surface area contributed by atoms with E-state index in [1.807, 2.05) is 6.92 Å². The van der Waals surface area contributed by atoms with Gasteiger partial charge in [0.2, 0.25) is 11.8 Å². The molecule has 0 saturated carbocycles. The number of hydrogen-bond acceptors (Lipinski definition) is 15. The Balaban J connectivity index is 0.000000368. The first-order valence-corrected chi connectivity index (χ1v) is 26.8. The molecule has 4 amide bonds. The maximum Gasteiger partial charge on any atom is 0.413 e. The zero-order valence-corrected chi connectivity index (χ0v) is 45.9. The normalized spacial score (nSPS) is 14.0. The zero-order chi connectivity index (χ0) is 59.8. The van der Waals surface area contributed by atoms with Crippen molar-refractivity contribution in [3.8, 4) is 28.7 Å². The van der Waals surface area contributed by atoms with Gasteiger partial charge in [0, 0.05) is 77.2 Å². The first-order valence-electron chi connectivity index (χ1n) is 26.8. The number of aryl methyl sites for hydroxylation is 1. The molecule has 0 bridgehead atoms. The molecule has 1 aromatic heterocycles. The number of guanidine groups is 2. The summed E-state index contributed by atoms with van der Waals surface area (Å²) in [5, 5.41) is 11.6. The molecule has 12 N–H and O–H groups in total. The lowest BCUT2D eigenvalue weighted by molar-refractivity contribution is -0.134. The topological polar surface area (TPSA) is 356 Å². The molecule has 2 aliphatic heterocycles. The molecule has 0 saturated heterocycles. The van der Waals surface area contributed by atoms with Crippen LogP contribution in [0, 0.1) is 6.92 Å². The van der Waals surface area contributed by atoms with Gasteiger partial charge >= 0.3 is 29.8 Å². The van der Waals surface area contributed by atoms with Crippen molar-refractivity contribution in [1.29, 1.82) is 0 Å². The molecule has 7 aromatic rings. The van der Waals surface area contributed by atoms with Gasteiger partial charge in [-0.25, -0.2) is 19.2 Å². The van der Waals surface area contributed by atoms with E-state index in [4.69, 9.17) is 51.0 Å². The van der Waals surface area contributed by atoms with Gasteiger partial charge in [-0.2, -0.15) is 0 Å². The lowest BCUT2D eigenvalue weighted by Gasteiger charge is -2.37. The lowest BCUT2D eigenvalue weighted by Crippen LogP contribution is -2.45. The summed E-state index contributed by atoms with van der Waals surface area (Å²) in [6, 6.07) is 37.4. The molecule has 3 heterocycles. The van der Waals surface area contributed by atoms with E-state index in [0.717, 1.165) is 36.6 Å². The molecule has 84 heavy (non-hydrogen) atoms. The van der Waals surface area contributed by atoms with Crippen molar-refractivity contribution in [3.63, 3.8) is 0 Å². The first kappa shape index (κ1) is 59.4. The molecule has 2 aliphatic rings. The smallest absolute Gasteiger partial charge is 0.413 e. The molecule has 2 atom stereocenters. The van der Waals surface area contributed by atoms with E-state index in [0.29, 0.717) is 40.0 Å². The number of aliphatic imine (C=N–C) groups is 2. The third-order valence-electron chi connectivity index (χ3n) is 13.2. The van der Waals surface area contributed by atoms with Gasteiger partial charge in [0.25, 0.3) is 0 Å². The Bertz CT molecular complexity index is 3530. The third kappa shape index (κ3) is 15.2. The fourth-order valence-electron chi connectivity index (χ4n) is 9.26. The van der Waals surface area contributed by atoms with E-state index in [1.165, 1.54) is 18.2 Å². The Labute approximate surface area is 481 Å². The van der Waals surface area contributed by atoms with Crippen molar-refractivity contribution in [3.05, 3.63) is 184 Å². The van der Waals surface area contributed by atoms with Crippen LogP contribution in [0.2, 0.25) is 0 Å². The molecule has 23 heteroatoms. The molecule has 9 rings (SSSR count). The molecule has 23 nitrogen and oxygen atoms in total. The van der Waals surface area contributed by atoms with E-state index < -0.39 is 53.3 Å². The molecule has 0 aliphatic carbocycles. The lowest BCUT2D eigenvalue weighted by atomic mass is 9.77. The Morgan fingerprint density at radius 1 is 0.583 bits per heavy atom. The van der Waals surface area contributed by atoms with Crippen molar-refractivity contribution >= 4 is 70.2 Å². The predicted molar refractivity (Wildman–Crippen MR) is 313 cm³/mol. The number of ether oxygens (including phenoxy) is 5. The summed E-state index contributed by atoms with van der Waals surface area (Å²) in [6.45, 7) is 3.99. The van der Waals surface area contributed by atoms with Gasteiger partial charge in [-0.1, -0.05) is 80.8 Å². The summed E-state index contributed by atoms with van der Waals surface area (Å²) >= 11 is 0. The molecule has 2 unspecified atom stereocenters. The fourth-order valence-corrected chi connectivity index (χ4v) is 9.26. The number of rotatable bonds is 20. The van der Waals surface area contributed by atoms with Crippen molar-refractivity contribution in [2.75, 3.05) is 23.7 Å². The average molecular weight is 1140 g/mol. The highest BCUT2D eigenvalue weighted by molar-refractivity contribution is 6.00. The summed E-state index contributed by atoms with van der Waals surface area (Å²) in [5.41, 5.74) is 23.6. The number of esters is 2. The van der Waals surface area contributed by atoms with E-state index in [9.17, 15) is 33.6 Å². The number of fused-ring (bicyclic) bond motifs is 7. The number of carbonyl (C=O) groups is 6. The van der Waals surface area contributed by atoms with E-state index in [-0.39, 0.29) is 78.2 Å². The molecular weight excluding hydrogens is 1080 g/mol. The summed E-state index contributed by atoms with van der Waals surface area (Å²) in [7, 11) is 0. The van der Waals surface area contributed by atoms with Crippen molar-refractivity contribution in [2.24, 2.45) is 32.9 Å². The highest BCUT2D eigenvalue weighted by Crippen LogP contribution is 2.57. The number of nitrogens with two attached hydrogens (primary N) is 4. The second kappa shape index (κ2) is 27.6. The van der Waals surface area contributed by atoms with Crippen LogP contribution in [-0.4, -0.2) is 73.0 Å². The number of hydrogen-bond donors (Lipinski definition) is 8. The van der Waals surface area contributed by atoms with Crippen molar-refractivity contribution in [1.82, 2.24) is 10.6 Å². The SMILES string of the molecule is CCCCCCC(=O)Oc1ccc2c(C)cc(=O)oc2c1.NC(N)=NCCC(NC(=O)Oc1ccccc1)C(=O)Nc1ccc2c(c1)Oc1cc(NC(=O)C(CCN=C(N)N)NC(=O)Oc3ccccc3)ccc1C21OC(=O)c2ccccc21. The Morgan fingerprint density at radius 2 is 1.12 bits per heavy atom. The van der Waals surface area contributed by atoms with Crippen LogP contribution in [0.25, 0.3) is 11.0 Å². The highest BCUT2D eigenvalue weighted by atomic mass is 16.6. The van der Waals surface area contributed by atoms with Crippen molar-refractivity contribution < 1.29 is 56.9 Å². The maximum atomic E-state index is 13.8. The van der Waals surface area contributed by atoms with E-state index >= 15 is 0 Å². The van der Waals surface area contributed by atoms with Crippen LogP contribution in [-0.2, 0) is 24.7 Å². The molecule has 434 valence electrons. The molecular formula is C61H62N10O13. The quantitative estimate of drug-likeness (QED) is 0.00902. The number of benzene rings is 6. The minimum Gasteiger partial charge on any atom is -0.456 e. The number of amides is 4. The molecule has 6 aromatic carbocycles. The van der Waals surface area contributed by atoms with Crippen LogP contribution >= 0.6 is 0 Å². The summed E-state index contributed by atoms with van der Waals surface area (Å²) < 4.78 is 33.8. The van der Waals surface area contributed by atoms with Gasteiger partial charge < -0.3 is 72.3 Å². The molecule has 0 radical (unpaired) electrons. The average Bonchev–Trinajstić information content (AvgIpc) is 1.64. The van der Waals surface area contributed by atoms with Crippen LogP contribution in [0.15, 0.2) is 165 Å². The number of anilines is 2. The highest BCUT2D eigenvalue weighted by Gasteiger charge is 2.53. The Hall–Kier alpha value is -10.7. The largest absolute Gasteiger partial charge is 0.456 e. The zero-order valence-electron chi connectivity index (χ0n) is 45.9. The summed E-state index contributed by atoms with van der Waals surface area (Å²) in [4.78, 5) is 97.7. The van der Waals surface area contributed by atoms with Crippen LogP contribution in [0.5, 0.6) is 28.7 Å². The maximum absolute atomic E-state index is 13.8. The number of para-hydroxylation sites is 2. The van der Waals surface area contributed by atoms with Crippen LogP contribution in [0.3, 0.4) is 0 Å². The van der Waals surface area contributed by atoms with E-state index in [1.54, 1.807) is 127 Å². The number of nitrogens with one attached hydrogen (secondary N) is 4. The fraction of sp³-hybridized carbons (Fsp3) is 0.230. The van der Waals surface area contributed by atoms with Crippen LogP contribution in [0.4, 0.5) is 21.0 Å². The standard InChI is InChI=1S/C44H42N10O9.C17H20O4/c45-40(46)49-21-19-33(53-42(58)60-27-9-3-1-4-10-27)37(55)51-25-15-17-31-35(23-25)62-36-24-26(16-18-32(36)44(31)30-14-8-7-13-29(30)39(57)63-44)52-38(56)34(20-22-50-41(47)48)54-43(59)61-28-11-5-2-6-12-28;1-3-4-5-6-7-16(18)20-13-8-9-14-12(2)10-17(19)21-15(14)11-13/h1-18,23-24,33-34H,19-22H2,(H,51,55)(H,52,56)(H,53,58)(H,54,59)(H4,45,46,49)(H4,47,48,50);8-11H,3-7H2,1-2H3. The van der Waals surface area contributed by atoms with Gasteiger partial charge in [-0.15, -0.1) is 0 Å². The van der Waals surface area contributed by atoms with Crippen molar-refractivity contribution in [2.45, 2.75) is 76.5 Å². The second-order valence-electron chi connectivity index (χ2n) is 19.3. The minimum absolute atomic E-state index is 0.00561. The van der Waals surface area contributed by atoms with Gasteiger partial charge in [0.1, 0.15) is 46.4 Å². The van der Waals surface area contributed by atoms with E-state index in [2.05, 4.69) is 38.2 Å². The number of unbranched alkanes of at least 4 members (excludes halogenated alkanes) is 3. The second-order valence-corrected chi connectivity index (χ2v) is 19.3. The molecule has 1 spiro atoms. The van der Waals surface area contributed by atoms with Gasteiger partial charge in [-0.05, 0) is 98.5 Å². The van der Waals surface area contributed by atoms with Gasteiger partial charge in [0.15, 0.2) is 17.5 Å². The van der Waals surface area contributed by atoms with Gasteiger partial charge in [-0.3, -0.25) is 24.4 Å². The molecule has 0 fully saturated rings.